The molecule has 0 amide bonds. The maximum atomic E-state index is 12.6. The second-order valence-electron chi connectivity index (χ2n) is 6.93. The smallest absolute Gasteiger partial charge is 0.259 e. The zero-order chi connectivity index (χ0) is 21.5. The number of hydrogen-bond acceptors (Lipinski definition) is 7. The van der Waals surface area contributed by atoms with Crippen LogP contribution in [-0.2, 0) is 10.0 Å². The molecule has 0 saturated heterocycles. The van der Waals surface area contributed by atoms with E-state index in [0.29, 0.717) is 21.7 Å². The number of thiophene rings is 1. The number of aromatic nitrogens is 2. The molecule has 10 heteroatoms. The van der Waals surface area contributed by atoms with Crippen LogP contribution in [0.25, 0.3) is 10.2 Å². The molecule has 1 unspecified atom stereocenters. The van der Waals surface area contributed by atoms with E-state index < -0.39 is 10.0 Å². The fraction of sp³-hybridized carbons (Fsp3) is 0.368. The van der Waals surface area contributed by atoms with Gasteiger partial charge in [0.1, 0.15) is 21.3 Å². The number of hydrogen-bond donors (Lipinski definition) is 2. The quantitative estimate of drug-likeness (QED) is 0.615. The van der Waals surface area contributed by atoms with Gasteiger partial charge in [0.25, 0.3) is 5.56 Å². The summed E-state index contributed by atoms with van der Waals surface area (Å²) in [6.45, 7) is 5.73. The molecule has 2 aromatic heterocycles. The minimum absolute atomic E-state index is 0.0589. The van der Waals surface area contributed by atoms with E-state index in [0.717, 1.165) is 14.7 Å². The first-order valence-electron chi connectivity index (χ1n) is 8.93. The SMILES string of the molecule is COc1ccc(NC(C)c2nc3sc(C)c(C)c3c(=O)[nH]2)cc1S(=O)(=O)N(C)C. The number of benzene rings is 1. The fourth-order valence-electron chi connectivity index (χ4n) is 2.96. The first kappa shape index (κ1) is 21.3. The highest BCUT2D eigenvalue weighted by atomic mass is 32.2. The third kappa shape index (κ3) is 3.87. The Hall–Kier alpha value is -2.43. The van der Waals surface area contributed by atoms with Gasteiger partial charge in [0.05, 0.1) is 18.5 Å². The summed E-state index contributed by atoms with van der Waals surface area (Å²) in [5, 5.41) is 3.83. The van der Waals surface area contributed by atoms with E-state index in [4.69, 9.17) is 4.74 Å². The van der Waals surface area contributed by atoms with Gasteiger partial charge in [0.2, 0.25) is 10.0 Å². The zero-order valence-electron chi connectivity index (χ0n) is 17.2. The van der Waals surface area contributed by atoms with E-state index in [9.17, 15) is 13.2 Å². The van der Waals surface area contributed by atoms with Crippen LogP contribution in [0.2, 0.25) is 0 Å². The monoisotopic (exact) mass is 436 g/mol. The summed E-state index contributed by atoms with van der Waals surface area (Å²) in [7, 11) is 0.671. The molecular formula is C19H24N4O4S2. The molecule has 1 atom stereocenters. The molecule has 3 rings (SSSR count). The summed E-state index contributed by atoms with van der Waals surface area (Å²) in [6.07, 6.45) is 0. The van der Waals surface area contributed by atoms with Gasteiger partial charge in [-0.05, 0) is 44.5 Å². The number of rotatable bonds is 6. The van der Waals surface area contributed by atoms with Crippen LogP contribution in [0.4, 0.5) is 5.69 Å². The fourth-order valence-corrected chi connectivity index (χ4v) is 5.07. The van der Waals surface area contributed by atoms with E-state index in [1.165, 1.54) is 38.6 Å². The third-order valence-corrected chi connectivity index (χ3v) is 7.71. The molecule has 0 aliphatic heterocycles. The molecular weight excluding hydrogens is 412 g/mol. The zero-order valence-corrected chi connectivity index (χ0v) is 18.8. The second-order valence-corrected chi connectivity index (χ2v) is 10.3. The van der Waals surface area contributed by atoms with Crippen LogP contribution in [0.15, 0.2) is 27.9 Å². The lowest BCUT2D eigenvalue weighted by Crippen LogP contribution is -2.23. The van der Waals surface area contributed by atoms with Gasteiger partial charge >= 0.3 is 0 Å². The Labute approximate surface area is 173 Å². The highest BCUT2D eigenvalue weighted by Gasteiger charge is 2.23. The predicted octanol–water partition coefficient (Wildman–Crippen LogP) is 3.03. The number of ether oxygens (including phenoxy) is 1. The molecule has 3 aromatic rings. The molecule has 0 bridgehead atoms. The molecule has 1 aromatic carbocycles. The number of fused-ring (bicyclic) bond motifs is 1. The van der Waals surface area contributed by atoms with Crippen molar-refractivity contribution in [3.05, 3.63) is 44.8 Å². The number of nitrogens with one attached hydrogen (secondary N) is 2. The number of H-pyrrole nitrogens is 1. The minimum atomic E-state index is -3.68. The van der Waals surface area contributed by atoms with Crippen LogP contribution in [0, 0.1) is 13.8 Å². The average molecular weight is 437 g/mol. The van der Waals surface area contributed by atoms with Crippen molar-refractivity contribution in [3.8, 4) is 5.75 Å². The van der Waals surface area contributed by atoms with E-state index >= 15 is 0 Å². The number of anilines is 1. The summed E-state index contributed by atoms with van der Waals surface area (Å²) < 4.78 is 31.6. The molecule has 0 aliphatic carbocycles. The molecule has 0 aliphatic rings. The highest BCUT2D eigenvalue weighted by Crippen LogP contribution is 2.31. The molecule has 8 nitrogen and oxygen atoms in total. The number of methoxy groups -OCH3 is 1. The summed E-state index contributed by atoms with van der Waals surface area (Å²) >= 11 is 1.48. The molecule has 0 fully saturated rings. The van der Waals surface area contributed by atoms with Crippen LogP contribution in [0.3, 0.4) is 0 Å². The average Bonchev–Trinajstić information content (AvgIpc) is 2.95. The van der Waals surface area contributed by atoms with Crippen molar-refractivity contribution in [3.63, 3.8) is 0 Å². The number of nitrogens with zero attached hydrogens (tertiary/aromatic N) is 2. The molecule has 2 heterocycles. The van der Waals surface area contributed by atoms with Crippen molar-refractivity contribution in [2.75, 3.05) is 26.5 Å². The molecule has 29 heavy (non-hydrogen) atoms. The molecule has 2 N–H and O–H groups in total. The number of aryl methyl sites for hydroxylation is 2. The normalized spacial score (nSPS) is 13.1. The van der Waals surface area contributed by atoms with Gasteiger partial charge in [-0.15, -0.1) is 11.3 Å². The summed E-state index contributed by atoms with van der Waals surface area (Å²) in [5.74, 6) is 0.742. The molecule has 0 spiro atoms. The first-order valence-corrected chi connectivity index (χ1v) is 11.2. The Kier molecular flexibility index (Phi) is 5.70. The van der Waals surface area contributed by atoms with E-state index in [1.807, 2.05) is 20.8 Å². The first-order chi connectivity index (χ1) is 13.6. The van der Waals surface area contributed by atoms with E-state index in [1.54, 1.807) is 12.1 Å². The van der Waals surface area contributed by atoms with Crippen molar-refractivity contribution in [2.45, 2.75) is 31.7 Å². The largest absolute Gasteiger partial charge is 0.495 e. The summed E-state index contributed by atoms with van der Waals surface area (Å²) in [5.41, 5.74) is 1.34. The third-order valence-electron chi connectivity index (χ3n) is 4.77. The Morgan fingerprint density at radius 1 is 1.28 bits per heavy atom. The van der Waals surface area contributed by atoms with Gasteiger partial charge in [-0.25, -0.2) is 17.7 Å². The summed E-state index contributed by atoms with van der Waals surface area (Å²) in [6, 6.07) is 4.48. The van der Waals surface area contributed by atoms with Gasteiger partial charge in [-0.1, -0.05) is 0 Å². The van der Waals surface area contributed by atoms with Gasteiger partial charge < -0.3 is 15.0 Å². The van der Waals surface area contributed by atoms with Gasteiger partial charge in [-0.3, -0.25) is 4.79 Å². The lowest BCUT2D eigenvalue weighted by Gasteiger charge is -2.18. The molecule has 0 saturated carbocycles. The van der Waals surface area contributed by atoms with E-state index in [-0.39, 0.29) is 22.2 Å². The van der Waals surface area contributed by atoms with E-state index in [2.05, 4.69) is 15.3 Å². The maximum absolute atomic E-state index is 12.6. The second kappa shape index (κ2) is 7.77. The molecule has 156 valence electrons. The Morgan fingerprint density at radius 2 is 1.97 bits per heavy atom. The Balaban J connectivity index is 1.98. The standard InChI is InChI=1S/C19H24N4O4S2/c1-10-12(3)28-19-16(10)18(24)21-17(22-19)11(2)20-13-7-8-14(27-6)15(9-13)29(25,26)23(4)5/h7-9,11,20H,1-6H3,(H,21,22,24). The Morgan fingerprint density at radius 3 is 2.59 bits per heavy atom. The topological polar surface area (TPSA) is 104 Å². The van der Waals surface area contributed by atoms with Crippen LogP contribution in [0.1, 0.15) is 29.2 Å². The van der Waals surface area contributed by atoms with Gasteiger partial charge in [0, 0.05) is 24.7 Å². The maximum Gasteiger partial charge on any atom is 0.259 e. The predicted molar refractivity (Wildman–Crippen MR) is 116 cm³/mol. The van der Waals surface area contributed by atoms with Gasteiger partial charge in [-0.2, -0.15) is 0 Å². The molecule has 0 radical (unpaired) electrons. The van der Waals surface area contributed by atoms with Crippen LogP contribution in [0.5, 0.6) is 5.75 Å². The van der Waals surface area contributed by atoms with Crippen molar-refractivity contribution < 1.29 is 13.2 Å². The Bertz CT molecular complexity index is 1230. The number of aromatic amines is 1. The van der Waals surface area contributed by atoms with Crippen molar-refractivity contribution in [1.29, 1.82) is 0 Å². The van der Waals surface area contributed by atoms with Crippen LogP contribution < -0.4 is 15.6 Å². The lowest BCUT2D eigenvalue weighted by atomic mass is 10.2. The highest BCUT2D eigenvalue weighted by molar-refractivity contribution is 7.89. The van der Waals surface area contributed by atoms with Gasteiger partial charge in [0.15, 0.2) is 0 Å². The van der Waals surface area contributed by atoms with Crippen molar-refractivity contribution in [1.82, 2.24) is 14.3 Å². The number of sulfonamides is 1. The van der Waals surface area contributed by atoms with Crippen molar-refractivity contribution in [2.24, 2.45) is 0 Å². The van der Waals surface area contributed by atoms with Crippen molar-refractivity contribution >= 4 is 37.3 Å². The lowest BCUT2D eigenvalue weighted by molar-refractivity contribution is 0.400. The van der Waals surface area contributed by atoms with Crippen LogP contribution in [-0.4, -0.2) is 43.9 Å². The van der Waals surface area contributed by atoms with Crippen LogP contribution >= 0.6 is 11.3 Å². The summed E-state index contributed by atoms with van der Waals surface area (Å²) in [4.78, 5) is 21.8. The minimum Gasteiger partial charge on any atom is -0.495 e.